The highest BCUT2D eigenvalue weighted by atomic mass is 32.2. The summed E-state index contributed by atoms with van der Waals surface area (Å²) < 4.78 is 37.5. The Kier molecular flexibility index (Phi) is 3.84. The van der Waals surface area contributed by atoms with Crippen LogP contribution in [0.15, 0.2) is 24.3 Å². The second kappa shape index (κ2) is 5.24. The van der Waals surface area contributed by atoms with E-state index >= 15 is 0 Å². The van der Waals surface area contributed by atoms with Gasteiger partial charge in [-0.15, -0.1) is 0 Å². The van der Waals surface area contributed by atoms with E-state index < -0.39 is 23.7 Å². The lowest BCUT2D eigenvalue weighted by Crippen LogP contribution is -2.37. The van der Waals surface area contributed by atoms with E-state index in [4.69, 9.17) is 0 Å². The second-order valence-electron chi connectivity index (χ2n) is 4.06. The summed E-state index contributed by atoms with van der Waals surface area (Å²) in [5.74, 6) is -0.0428. The summed E-state index contributed by atoms with van der Waals surface area (Å²) in [6, 6.07) is 3.53. The summed E-state index contributed by atoms with van der Waals surface area (Å²) in [6.07, 6.45) is -3.98. The van der Waals surface area contributed by atoms with E-state index in [0.29, 0.717) is 12.2 Å². The highest BCUT2D eigenvalue weighted by molar-refractivity contribution is 8.14. The molecular formula is C12H10F3NO2S. The molecule has 1 N–H and O–H groups in total. The lowest BCUT2D eigenvalue weighted by atomic mass is 10.1. The maximum atomic E-state index is 12.5. The minimum absolute atomic E-state index is 0.0977. The molecule has 2 rings (SSSR count). The zero-order valence-electron chi connectivity index (χ0n) is 9.66. The molecule has 0 saturated carbocycles. The summed E-state index contributed by atoms with van der Waals surface area (Å²) in [4.78, 5) is 23.1. The Morgan fingerprint density at radius 2 is 2.11 bits per heavy atom. The van der Waals surface area contributed by atoms with Crippen molar-refractivity contribution in [3.05, 3.63) is 35.4 Å². The molecule has 1 fully saturated rings. The van der Waals surface area contributed by atoms with Gasteiger partial charge in [0.15, 0.2) is 0 Å². The van der Waals surface area contributed by atoms with Crippen molar-refractivity contribution in [2.24, 2.45) is 0 Å². The lowest BCUT2D eigenvalue weighted by molar-refractivity contribution is -0.137. The zero-order chi connectivity index (χ0) is 14.0. The van der Waals surface area contributed by atoms with Gasteiger partial charge in [0.2, 0.25) is 5.12 Å². The van der Waals surface area contributed by atoms with E-state index in [-0.39, 0.29) is 10.7 Å². The lowest BCUT2D eigenvalue weighted by Gasteiger charge is -2.12. The SMILES string of the molecule is O=C(NC1CCSC1=O)c1cccc(C(F)(F)F)c1. The van der Waals surface area contributed by atoms with Gasteiger partial charge in [0.05, 0.1) is 11.6 Å². The molecule has 0 spiro atoms. The number of benzene rings is 1. The van der Waals surface area contributed by atoms with Crippen LogP contribution in [-0.4, -0.2) is 22.8 Å². The summed E-state index contributed by atoms with van der Waals surface area (Å²) in [6.45, 7) is 0. The minimum Gasteiger partial charge on any atom is -0.341 e. The van der Waals surface area contributed by atoms with Gasteiger partial charge in [0, 0.05) is 11.3 Å². The number of thioether (sulfide) groups is 1. The van der Waals surface area contributed by atoms with Crippen molar-refractivity contribution in [2.45, 2.75) is 18.6 Å². The highest BCUT2D eigenvalue weighted by Crippen LogP contribution is 2.29. The van der Waals surface area contributed by atoms with Gasteiger partial charge < -0.3 is 5.32 Å². The summed E-state index contributed by atoms with van der Waals surface area (Å²) >= 11 is 1.12. The average molecular weight is 289 g/mol. The zero-order valence-corrected chi connectivity index (χ0v) is 10.5. The third kappa shape index (κ3) is 3.28. The predicted molar refractivity (Wildman–Crippen MR) is 64.8 cm³/mol. The Bertz CT molecular complexity index is 516. The minimum atomic E-state index is -4.49. The average Bonchev–Trinajstić information content (AvgIpc) is 2.74. The van der Waals surface area contributed by atoms with Crippen LogP contribution in [0.2, 0.25) is 0 Å². The second-order valence-corrected chi connectivity index (χ2v) is 5.16. The molecule has 1 aliphatic rings. The van der Waals surface area contributed by atoms with Crippen molar-refractivity contribution in [2.75, 3.05) is 5.75 Å². The molecular weight excluding hydrogens is 279 g/mol. The van der Waals surface area contributed by atoms with Crippen molar-refractivity contribution < 1.29 is 22.8 Å². The molecule has 1 aromatic carbocycles. The van der Waals surface area contributed by atoms with Gasteiger partial charge in [-0.05, 0) is 24.6 Å². The van der Waals surface area contributed by atoms with E-state index in [1.807, 2.05) is 0 Å². The Balaban J connectivity index is 2.13. The monoisotopic (exact) mass is 289 g/mol. The molecule has 0 aliphatic carbocycles. The van der Waals surface area contributed by atoms with Crippen LogP contribution in [0.3, 0.4) is 0 Å². The number of rotatable bonds is 2. The molecule has 0 radical (unpaired) electrons. The first-order chi connectivity index (χ1) is 8.88. The molecule has 0 aromatic heterocycles. The Hall–Kier alpha value is -1.50. The molecule has 1 unspecified atom stereocenters. The fourth-order valence-corrected chi connectivity index (χ4v) is 2.64. The molecule has 1 heterocycles. The maximum Gasteiger partial charge on any atom is 0.416 e. The molecule has 3 nitrogen and oxygen atoms in total. The third-order valence-corrected chi connectivity index (χ3v) is 3.70. The fourth-order valence-electron chi connectivity index (χ4n) is 1.71. The van der Waals surface area contributed by atoms with Gasteiger partial charge in [-0.3, -0.25) is 9.59 Å². The van der Waals surface area contributed by atoms with Gasteiger partial charge in [-0.2, -0.15) is 13.2 Å². The van der Waals surface area contributed by atoms with Crippen LogP contribution in [0.25, 0.3) is 0 Å². The molecule has 1 aromatic rings. The quantitative estimate of drug-likeness (QED) is 0.909. The molecule has 1 aliphatic heterocycles. The summed E-state index contributed by atoms with van der Waals surface area (Å²) in [5.41, 5.74) is -0.980. The van der Waals surface area contributed by atoms with Crippen LogP contribution in [0.4, 0.5) is 13.2 Å². The van der Waals surface area contributed by atoms with Gasteiger partial charge >= 0.3 is 6.18 Å². The first kappa shape index (κ1) is 13.9. The van der Waals surface area contributed by atoms with Crippen LogP contribution in [-0.2, 0) is 11.0 Å². The Morgan fingerprint density at radius 1 is 1.37 bits per heavy atom. The molecule has 7 heteroatoms. The van der Waals surface area contributed by atoms with Crippen LogP contribution < -0.4 is 5.32 Å². The van der Waals surface area contributed by atoms with Crippen molar-refractivity contribution in [1.82, 2.24) is 5.32 Å². The maximum absolute atomic E-state index is 12.5. The van der Waals surface area contributed by atoms with Crippen LogP contribution in [0, 0.1) is 0 Å². The number of halogens is 3. The topological polar surface area (TPSA) is 46.2 Å². The number of hydrogen-bond donors (Lipinski definition) is 1. The molecule has 19 heavy (non-hydrogen) atoms. The Morgan fingerprint density at radius 3 is 2.68 bits per heavy atom. The molecule has 1 saturated heterocycles. The van der Waals surface area contributed by atoms with Crippen LogP contribution in [0.1, 0.15) is 22.3 Å². The largest absolute Gasteiger partial charge is 0.416 e. The number of carbonyl (C=O) groups is 2. The number of carbonyl (C=O) groups excluding carboxylic acids is 2. The summed E-state index contributed by atoms with van der Waals surface area (Å²) in [7, 11) is 0. The van der Waals surface area contributed by atoms with Gasteiger partial charge in [0.25, 0.3) is 5.91 Å². The number of amides is 1. The molecule has 1 amide bonds. The Labute approximate surface area is 111 Å². The van der Waals surface area contributed by atoms with E-state index in [0.717, 1.165) is 23.9 Å². The third-order valence-electron chi connectivity index (χ3n) is 2.69. The van der Waals surface area contributed by atoms with E-state index in [9.17, 15) is 22.8 Å². The highest BCUT2D eigenvalue weighted by Gasteiger charge is 2.31. The van der Waals surface area contributed by atoms with Crippen molar-refractivity contribution in [3.8, 4) is 0 Å². The normalized spacial score (nSPS) is 19.5. The van der Waals surface area contributed by atoms with Crippen molar-refractivity contribution >= 4 is 22.8 Å². The van der Waals surface area contributed by atoms with Gasteiger partial charge in [0.1, 0.15) is 0 Å². The van der Waals surface area contributed by atoms with Gasteiger partial charge in [-0.1, -0.05) is 17.8 Å². The van der Waals surface area contributed by atoms with E-state index in [1.165, 1.54) is 12.1 Å². The number of alkyl halides is 3. The smallest absolute Gasteiger partial charge is 0.341 e. The van der Waals surface area contributed by atoms with E-state index in [2.05, 4.69) is 5.32 Å². The van der Waals surface area contributed by atoms with E-state index in [1.54, 1.807) is 0 Å². The van der Waals surface area contributed by atoms with Crippen molar-refractivity contribution in [1.29, 1.82) is 0 Å². The predicted octanol–water partition coefficient (Wildman–Crippen LogP) is 2.47. The molecule has 0 bridgehead atoms. The first-order valence-corrected chi connectivity index (χ1v) is 6.51. The van der Waals surface area contributed by atoms with Crippen molar-refractivity contribution in [3.63, 3.8) is 0 Å². The molecule has 1 atom stereocenters. The number of nitrogens with one attached hydrogen (secondary N) is 1. The fraction of sp³-hybridized carbons (Fsp3) is 0.333. The van der Waals surface area contributed by atoms with Gasteiger partial charge in [-0.25, -0.2) is 0 Å². The van der Waals surface area contributed by atoms with Crippen LogP contribution in [0.5, 0.6) is 0 Å². The first-order valence-electron chi connectivity index (χ1n) is 5.52. The number of hydrogen-bond acceptors (Lipinski definition) is 3. The summed E-state index contributed by atoms with van der Waals surface area (Å²) in [5, 5.41) is 2.29. The van der Waals surface area contributed by atoms with Crippen LogP contribution >= 0.6 is 11.8 Å². The standard InChI is InChI=1S/C12H10F3NO2S/c13-12(14,15)8-3-1-2-7(6-8)10(17)16-9-4-5-19-11(9)18/h1-3,6,9H,4-5H2,(H,16,17). The molecule has 102 valence electrons.